The summed E-state index contributed by atoms with van der Waals surface area (Å²) in [6.07, 6.45) is 4.16. The number of hydrogen-bond donors (Lipinski definition) is 2. The second kappa shape index (κ2) is 9.43. The van der Waals surface area contributed by atoms with Crippen LogP contribution >= 0.6 is 11.6 Å². The summed E-state index contributed by atoms with van der Waals surface area (Å²) in [5.74, 6) is -0.817. The van der Waals surface area contributed by atoms with Gasteiger partial charge in [-0.3, -0.25) is 10.1 Å². The van der Waals surface area contributed by atoms with E-state index in [0.29, 0.717) is 10.9 Å². The van der Waals surface area contributed by atoms with Gasteiger partial charge in [-0.1, -0.05) is 31.4 Å². The first kappa shape index (κ1) is 20.0. The van der Waals surface area contributed by atoms with E-state index in [2.05, 4.69) is 17.6 Å². The van der Waals surface area contributed by atoms with Crippen LogP contribution in [0.4, 0.5) is 4.79 Å². The van der Waals surface area contributed by atoms with Gasteiger partial charge < -0.3 is 14.8 Å². The summed E-state index contributed by atoms with van der Waals surface area (Å²) in [5, 5.41) is 5.30. The number of carbonyl (C=O) groups excluding carboxylic acids is 3. The van der Waals surface area contributed by atoms with E-state index in [1.165, 1.54) is 19.2 Å². The van der Waals surface area contributed by atoms with Crippen molar-refractivity contribution in [1.82, 2.24) is 10.6 Å². The first-order chi connectivity index (χ1) is 12.4. The summed E-state index contributed by atoms with van der Waals surface area (Å²) in [6, 6.07) is 3.95. The zero-order valence-corrected chi connectivity index (χ0v) is 15.6. The molecular weight excluding hydrogens is 360 g/mol. The molecule has 2 N–H and O–H groups in total. The fraction of sp³-hybridized carbons (Fsp3) is 0.500. The normalized spacial score (nSPS) is 19.3. The molecule has 0 unspecified atom stereocenters. The quantitative estimate of drug-likeness (QED) is 0.763. The Labute approximate surface area is 157 Å². The maximum absolute atomic E-state index is 12.1. The van der Waals surface area contributed by atoms with Crippen molar-refractivity contribution in [2.45, 2.75) is 38.6 Å². The van der Waals surface area contributed by atoms with Crippen LogP contribution in [0.2, 0.25) is 5.02 Å². The molecule has 0 bridgehead atoms. The van der Waals surface area contributed by atoms with E-state index < -0.39 is 24.5 Å². The Kier molecular flexibility index (Phi) is 7.26. The molecule has 2 rings (SSSR count). The lowest BCUT2D eigenvalue weighted by Crippen LogP contribution is -2.48. The highest BCUT2D eigenvalue weighted by atomic mass is 35.5. The number of nitrogens with one attached hydrogen (secondary N) is 2. The minimum atomic E-state index is -0.763. The van der Waals surface area contributed by atoms with Crippen molar-refractivity contribution in [2.24, 2.45) is 5.92 Å². The van der Waals surface area contributed by atoms with Gasteiger partial charge in [0.15, 0.2) is 6.61 Å². The van der Waals surface area contributed by atoms with Gasteiger partial charge in [-0.15, -0.1) is 0 Å². The highest BCUT2D eigenvalue weighted by molar-refractivity contribution is 6.31. The van der Waals surface area contributed by atoms with Crippen LogP contribution in [0.5, 0.6) is 5.75 Å². The van der Waals surface area contributed by atoms with Crippen molar-refractivity contribution < 1.29 is 23.9 Å². The Morgan fingerprint density at radius 1 is 1.23 bits per heavy atom. The van der Waals surface area contributed by atoms with Gasteiger partial charge in [0.2, 0.25) is 0 Å². The topological polar surface area (TPSA) is 93.7 Å². The molecule has 0 spiro atoms. The minimum absolute atomic E-state index is 0.0508. The standard InChI is InChI=1S/C18H23ClN2O5/c1-11-5-3-4-6-14(11)20-18(24)21-16(22)10-26-17(23)13-9-12(19)7-8-15(13)25-2/h7-9,11,14H,3-6,10H2,1-2H3,(H2,20,21,22,24)/t11-,14-/m0/s1. The number of methoxy groups -OCH3 is 1. The molecule has 2 atom stereocenters. The van der Waals surface area contributed by atoms with Crippen LogP contribution in [-0.2, 0) is 9.53 Å². The zero-order valence-electron chi connectivity index (χ0n) is 14.8. The number of ether oxygens (including phenoxy) is 2. The summed E-state index contributed by atoms with van der Waals surface area (Å²) in [4.78, 5) is 35.8. The Balaban J connectivity index is 1.82. The van der Waals surface area contributed by atoms with Crippen LogP contribution in [0, 0.1) is 5.92 Å². The summed E-state index contributed by atoms with van der Waals surface area (Å²) in [7, 11) is 1.41. The van der Waals surface area contributed by atoms with E-state index in [4.69, 9.17) is 21.1 Å². The van der Waals surface area contributed by atoms with Crippen molar-refractivity contribution >= 4 is 29.5 Å². The van der Waals surface area contributed by atoms with Crippen LogP contribution in [0.15, 0.2) is 18.2 Å². The van der Waals surface area contributed by atoms with Crippen LogP contribution < -0.4 is 15.4 Å². The molecule has 1 aliphatic rings. The highest BCUT2D eigenvalue weighted by Crippen LogP contribution is 2.24. The van der Waals surface area contributed by atoms with E-state index >= 15 is 0 Å². The maximum Gasteiger partial charge on any atom is 0.342 e. The van der Waals surface area contributed by atoms with Crippen LogP contribution in [0.25, 0.3) is 0 Å². The predicted octanol–water partition coefficient (Wildman–Crippen LogP) is 2.91. The van der Waals surface area contributed by atoms with Gasteiger partial charge in [-0.2, -0.15) is 0 Å². The van der Waals surface area contributed by atoms with Crippen LogP contribution in [0.3, 0.4) is 0 Å². The molecule has 0 aliphatic heterocycles. The lowest BCUT2D eigenvalue weighted by Gasteiger charge is -2.29. The highest BCUT2D eigenvalue weighted by Gasteiger charge is 2.23. The molecule has 26 heavy (non-hydrogen) atoms. The average molecular weight is 383 g/mol. The van der Waals surface area contributed by atoms with Crippen molar-refractivity contribution in [2.75, 3.05) is 13.7 Å². The summed E-state index contributed by atoms with van der Waals surface area (Å²) < 4.78 is 9.99. The number of amides is 3. The van der Waals surface area contributed by atoms with Crippen LogP contribution in [-0.4, -0.2) is 37.7 Å². The molecule has 1 aromatic carbocycles. The molecule has 0 radical (unpaired) electrons. The molecule has 7 nitrogen and oxygen atoms in total. The number of rotatable bonds is 5. The Bertz CT molecular complexity index is 680. The van der Waals surface area contributed by atoms with E-state index in [9.17, 15) is 14.4 Å². The first-order valence-electron chi connectivity index (χ1n) is 8.51. The van der Waals surface area contributed by atoms with Gasteiger partial charge in [-0.25, -0.2) is 9.59 Å². The molecule has 0 aromatic heterocycles. The molecule has 142 valence electrons. The largest absolute Gasteiger partial charge is 0.496 e. The smallest absolute Gasteiger partial charge is 0.342 e. The number of halogens is 1. The molecule has 0 heterocycles. The number of esters is 1. The van der Waals surface area contributed by atoms with E-state index in [-0.39, 0.29) is 17.4 Å². The lowest BCUT2D eigenvalue weighted by molar-refractivity contribution is -0.123. The Morgan fingerprint density at radius 3 is 2.65 bits per heavy atom. The lowest BCUT2D eigenvalue weighted by atomic mass is 9.86. The fourth-order valence-electron chi connectivity index (χ4n) is 2.95. The van der Waals surface area contributed by atoms with E-state index in [1.54, 1.807) is 6.07 Å². The van der Waals surface area contributed by atoms with Gasteiger partial charge in [0.25, 0.3) is 5.91 Å². The Hall–Kier alpha value is -2.28. The summed E-state index contributed by atoms with van der Waals surface area (Å²) in [6.45, 7) is 1.49. The van der Waals surface area contributed by atoms with Gasteiger partial charge in [-0.05, 0) is 37.0 Å². The third-order valence-corrected chi connectivity index (χ3v) is 4.63. The number of benzene rings is 1. The van der Waals surface area contributed by atoms with Crippen molar-refractivity contribution in [3.05, 3.63) is 28.8 Å². The number of urea groups is 1. The molecule has 1 saturated carbocycles. The second-order valence-electron chi connectivity index (χ2n) is 6.31. The summed E-state index contributed by atoms with van der Waals surface area (Å²) >= 11 is 5.86. The van der Waals surface area contributed by atoms with Gasteiger partial charge in [0.05, 0.1) is 7.11 Å². The van der Waals surface area contributed by atoms with Crippen molar-refractivity contribution in [3.8, 4) is 5.75 Å². The summed E-state index contributed by atoms with van der Waals surface area (Å²) in [5.41, 5.74) is 0.105. The number of hydrogen-bond acceptors (Lipinski definition) is 5. The third-order valence-electron chi connectivity index (χ3n) is 4.40. The average Bonchev–Trinajstić information content (AvgIpc) is 2.61. The maximum atomic E-state index is 12.1. The van der Waals surface area contributed by atoms with Gasteiger partial charge in [0, 0.05) is 11.1 Å². The zero-order chi connectivity index (χ0) is 19.1. The van der Waals surface area contributed by atoms with Crippen LogP contribution in [0.1, 0.15) is 43.0 Å². The first-order valence-corrected chi connectivity index (χ1v) is 8.89. The van der Waals surface area contributed by atoms with Crippen molar-refractivity contribution in [3.63, 3.8) is 0 Å². The number of carbonyl (C=O) groups is 3. The SMILES string of the molecule is COc1ccc(Cl)cc1C(=O)OCC(=O)NC(=O)N[C@H]1CCCC[C@@H]1C. The minimum Gasteiger partial charge on any atom is -0.496 e. The molecule has 0 saturated heterocycles. The second-order valence-corrected chi connectivity index (χ2v) is 6.75. The monoisotopic (exact) mass is 382 g/mol. The molecule has 1 fully saturated rings. The third kappa shape index (κ3) is 5.62. The fourth-order valence-corrected chi connectivity index (χ4v) is 3.12. The van der Waals surface area contributed by atoms with Crippen molar-refractivity contribution in [1.29, 1.82) is 0 Å². The molecular formula is C18H23ClN2O5. The molecule has 3 amide bonds. The molecule has 1 aliphatic carbocycles. The molecule has 1 aromatic rings. The van der Waals surface area contributed by atoms with E-state index in [1.807, 2.05) is 0 Å². The van der Waals surface area contributed by atoms with E-state index in [0.717, 1.165) is 25.7 Å². The van der Waals surface area contributed by atoms with Gasteiger partial charge >= 0.3 is 12.0 Å². The Morgan fingerprint density at radius 2 is 1.96 bits per heavy atom. The van der Waals surface area contributed by atoms with Gasteiger partial charge in [0.1, 0.15) is 11.3 Å². The number of imide groups is 1. The molecule has 8 heteroatoms. The predicted molar refractivity (Wildman–Crippen MR) is 96.4 cm³/mol.